The van der Waals surface area contributed by atoms with E-state index in [1.165, 1.54) is 0 Å². The van der Waals surface area contributed by atoms with Gasteiger partial charge in [-0.3, -0.25) is 0 Å². The second kappa shape index (κ2) is 3.96. The predicted molar refractivity (Wildman–Crippen MR) is 57.7 cm³/mol. The van der Waals surface area contributed by atoms with Crippen molar-refractivity contribution in [1.29, 1.82) is 0 Å². The van der Waals surface area contributed by atoms with Gasteiger partial charge in [0.05, 0.1) is 0 Å². The largest absolute Gasteiger partial charge is 0.104 e. The van der Waals surface area contributed by atoms with Crippen LogP contribution in [0.2, 0.25) is 0 Å². The van der Waals surface area contributed by atoms with Crippen LogP contribution in [0, 0.1) is 11.8 Å². The van der Waals surface area contributed by atoms with Gasteiger partial charge in [0.15, 0.2) is 0 Å². The Morgan fingerprint density at radius 1 is 1.55 bits per heavy atom. The molecule has 0 aromatic heterocycles. The molecule has 0 fully saturated rings. The van der Waals surface area contributed by atoms with Gasteiger partial charge >= 0.3 is 0 Å². The van der Waals surface area contributed by atoms with E-state index in [4.69, 9.17) is 0 Å². The summed E-state index contributed by atoms with van der Waals surface area (Å²) in [5.41, 5.74) is 0. The highest BCUT2D eigenvalue weighted by Crippen LogP contribution is 2.27. The molecule has 58 valence electrons. The molecule has 0 saturated carbocycles. The quantitative estimate of drug-likeness (QED) is 0.356. The van der Waals surface area contributed by atoms with Gasteiger partial charge in [-0.25, -0.2) is 0 Å². The number of rotatable bonds is 0. The third kappa shape index (κ3) is 2.70. The van der Waals surface area contributed by atoms with Gasteiger partial charge in [-0.1, -0.05) is 59.7 Å². The molecule has 0 aliphatic heterocycles. The van der Waals surface area contributed by atoms with E-state index >= 15 is 0 Å². The monoisotopic (exact) mass is 258 g/mol. The molecular weight excluding hydrogens is 247 g/mol. The molecule has 1 rings (SSSR count). The summed E-state index contributed by atoms with van der Waals surface area (Å²) >= 11 is 2.40. The molecule has 1 aliphatic rings. The fraction of sp³-hybridized carbons (Fsp3) is 0.400. The Kier molecular flexibility index (Phi) is 3.19. The van der Waals surface area contributed by atoms with E-state index in [0.29, 0.717) is 0 Å². The van der Waals surface area contributed by atoms with Crippen molar-refractivity contribution in [2.75, 3.05) is 0 Å². The standard InChI is InChI=1S/C10H11I/c1-2-3-7-10(11)8-5-4-6-9-10/h4-6,8H,2,9H2,1H3. The summed E-state index contributed by atoms with van der Waals surface area (Å²) in [6.45, 7) is 2.08. The van der Waals surface area contributed by atoms with Crippen molar-refractivity contribution >= 4 is 22.6 Å². The summed E-state index contributed by atoms with van der Waals surface area (Å²) in [6.07, 6.45) is 10.5. The second-order valence-electron chi connectivity index (χ2n) is 2.51. The minimum atomic E-state index is 0.0719. The number of hydrogen-bond acceptors (Lipinski definition) is 0. The molecule has 1 heteroatoms. The molecule has 0 saturated heterocycles. The number of allylic oxidation sites excluding steroid dienone is 4. The van der Waals surface area contributed by atoms with Crippen LogP contribution >= 0.6 is 22.6 Å². The Balaban J connectivity index is 2.68. The zero-order valence-electron chi connectivity index (χ0n) is 6.60. The van der Waals surface area contributed by atoms with Crippen LogP contribution in [0.15, 0.2) is 24.3 Å². The van der Waals surface area contributed by atoms with Crippen LogP contribution in [-0.4, -0.2) is 3.42 Å². The lowest BCUT2D eigenvalue weighted by molar-refractivity contribution is 0.948. The topological polar surface area (TPSA) is 0 Å². The van der Waals surface area contributed by atoms with E-state index in [0.717, 1.165) is 12.8 Å². The van der Waals surface area contributed by atoms with Gasteiger partial charge in [0.25, 0.3) is 0 Å². The van der Waals surface area contributed by atoms with E-state index in [2.05, 4.69) is 65.7 Å². The van der Waals surface area contributed by atoms with Crippen LogP contribution in [-0.2, 0) is 0 Å². The summed E-state index contributed by atoms with van der Waals surface area (Å²) in [7, 11) is 0. The average Bonchev–Trinajstić information content (AvgIpc) is 2.03. The van der Waals surface area contributed by atoms with E-state index in [1.807, 2.05) is 0 Å². The van der Waals surface area contributed by atoms with Crippen molar-refractivity contribution in [2.45, 2.75) is 23.2 Å². The highest BCUT2D eigenvalue weighted by molar-refractivity contribution is 14.1. The summed E-state index contributed by atoms with van der Waals surface area (Å²) in [4.78, 5) is 0. The Morgan fingerprint density at radius 2 is 2.36 bits per heavy atom. The number of alkyl halides is 1. The average molecular weight is 258 g/mol. The molecule has 0 heterocycles. The summed E-state index contributed by atoms with van der Waals surface area (Å²) in [6, 6.07) is 0. The van der Waals surface area contributed by atoms with Crippen molar-refractivity contribution in [1.82, 2.24) is 0 Å². The Hall–Kier alpha value is -0.230. The zero-order valence-corrected chi connectivity index (χ0v) is 8.76. The van der Waals surface area contributed by atoms with Crippen LogP contribution in [0.1, 0.15) is 19.8 Å². The van der Waals surface area contributed by atoms with Crippen molar-refractivity contribution in [3.8, 4) is 11.8 Å². The van der Waals surface area contributed by atoms with Gasteiger partial charge in [-0.15, -0.1) is 5.92 Å². The maximum absolute atomic E-state index is 3.25. The zero-order chi connectivity index (χ0) is 8.16. The normalized spacial score (nSPS) is 27.8. The van der Waals surface area contributed by atoms with Gasteiger partial charge in [-0.05, 0) is 6.42 Å². The molecule has 0 N–H and O–H groups in total. The fourth-order valence-electron chi connectivity index (χ4n) is 0.922. The smallest absolute Gasteiger partial charge is 0.102 e. The van der Waals surface area contributed by atoms with E-state index < -0.39 is 0 Å². The fourth-order valence-corrected chi connectivity index (χ4v) is 1.57. The van der Waals surface area contributed by atoms with Crippen molar-refractivity contribution in [3.05, 3.63) is 24.3 Å². The molecule has 1 atom stereocenters. The molecule has 0 aromatic rings. The van der Waals surface area contributed by atoms with Crippen molar-refractivity contribution in [3.63, 3.8) is 0 Å². The van der Waals surface area contributed by atoms with Gasteiger partial charge in [0, 0.05) is 6.42 Å². The lowest BCUT2D eigenvalue weighted by Gasteiger charge is -2.16. The van der Waals surface area contributed by atoms with Crippen LogP contribution in [0.25, 0.3) is 0 Å². The highest BCUT2D eigenvalue weighted by atomic mass is 127. The summed E-state index contributed by atoms with van der Waals surface area (Å²) in [5.74, 6) is 6.36. The number of halogens is 1. The Bertz CT molecular complexity index is 239. The maximum Gasteiger partial charge on any atom is 0.104 e. The first-order chi connectivity index (χ1) is 5.27. The molecule has 0 spiro atoms. The SMILES string of the molecule is CCC#CC1(I)C=CC=CC1. The minimum absolute atomic E-state index is 0.0719. The lowest BCUT2D eigenvalue weighted by atomic mass is 10.0. The molecule has 0 amide bonds. The van der Waals surface area contributed by atoms with Crippen LogP contribution < -0.4 is 0 Å². The predicted octanol–water partition coefficient (Wildman–Crippen LogP) is 3.09. The minimum Gasteiger partial charge on any atom is -0.102 e. The molecule has 1 unspecified atom stereocenters. The van der Waals surface area contributed by atoms with E-state index in [1.54, 1.807) is 0 Å². The van der Waals surface area contributed by atoms with E-state index in [9.17, 15) is 0 Å². The molecule has 0 bridgehead atoms. The lowest BCUT2D eigenvalue weighted by Crippen LogP contribution is -2.14. The second-order valence-corrected chi connectivity index (χ2v) is 4.43. The summed E-state index contributed by atoms with van der Waals surface area (Å²) < 4.78 is 0.0719. The van der Waals surface area contributed by atoms with Gasteiger partial charge in [-0.2, -0.15) is 0 Å². The van der Waals surface area contributed by atoms with Gasteiger partial charge in [0.2, 0.25) is 0 Å². The molecule has 0 aromatic carbocycles. The first-order valence-electron chi connectivity index (χ1n) is 3.80. The van der Waals surface area contributed by atoms with E-state index in [-0.39, 0.29) is 3.42 Å². The Labute approximate surface area is 81.9 Å². The first-order valence-corrected chi connectivity index (χ1v) is 4.88. The third-order valence-corrected chi connectivity index (χ3v) is 2.57. The van der Waals surface area contributed by atoms with Crippen LogP contribution in [0.4, 0.5) is 0 Å². The van der Waals surface area contributed by atoms with Gasteiger partial charge in [0.1, 0.15) is 3.42 Å². The van der Waals surface area contributed by atoms with Crippen molar-refractivity contribution in [2.24, 2.45) is 0 Å². The van der Waals surface area contributed by atoms with Crippen LogP contribution in [0.3, 0.4) is 0 Å². The highest BCUT2D eigenvalue weighted by Gasteiger charge is 2.18. The van der Waals surface area contributed by atoms with Crippen LogP contribution in [0.5, 0.6) is 0 Å². The molecular formula is C10H11I. The third-order valence-electron chi connectivity index (χ3n) is 1.50. The summed E-state index contributed by atoms with van der Waals surface area (Å²) in [5, 5.41) is 0. The molecule has 0 radical (unpaired) electrons. The Morgan fingerprint density at radius 3 is 2.91 bits per heavy atom. The first kappa shape index (κ1) is 8.86. The van der Waals surface area contributed by atoms with Gasteiger partial charge < -0.3 is 0 Å². The van der Waals surface area contributed by atoms with Crippen molar-refractivity contribution < 1.29 is 0 Å². The maximum atomic E-state index is 3.25. The number of hydrogen-bond donors (Lipinski definition) is 0. The molecule has 1 aliphatic carbocycles. The molecule has 11 heavy (non-hydrogen) atoms. The molecule has 0 nitrogen and oxygen atoms in total.